The van der Waals surface area contributed by atoms with Gasteiger partial charge in [-0.25, -0.2) is 0 Å². The van der Waals surface area contributed by atoms with E-state index in [0.717, 1.165) is 6.54 Å². The van der Waals surface area contributed by atoms with Crippen molar-refractivity contribution in [2.24, 2.45) is 5.92 Å². The summed E-state index contributed by atoms with van der Waals surface area (Å²) in [5.74, 6) is 0.612. The third-order valence-electron chi connectivity index (χ3n) is 2.87. The molecule has 0 aromatic heterocycles. The minimum atomic E-state index is -0.0749. The summed E-state index contributed by atoms with van der Waals surface area (Å²) in [6.45, 7) is 9.85. The van der Waals surface area contributed by atoms with Crippen molar-refractivity contribution in [1.82, 2.24) is 4.90 Å². The van der Waals surface area contributed by atoms with Crippen LogP contribution in [-0.4, -0.2) is 36.1 Å². The van der Waals surface area contributed by atoms with Crippen LogP contribution in [0.1, 0.15) is 34.1 Å². The molecular weight excluding hydrogens is 178 g/mol. The van der Waals surface area contributed by atoms with Crippen molar-refractivity contribution < 1.29 is 9.53 Å². The summed E-state index contributed by atoms with van der Waals surface area (Å²) in [5.41, 5.74) is 0. The molecule has 1 aliphatic heterocycles. The monoisotopic (exact) mass is 199 g/mol. The van der Waals surface area contributed by atoms with Gasteiger partial charge in [-0.3, -0.25) is 9.69 Å². The van der Waals surface area contributed by atoms with Gasteiger partial charge in [-0.2, -0.15) is 0 Å². The molecule has 0 aromatic rings. The number of hydrogen-bond acceptors (Lipinski definition) is 3. The molecule has 0 aliphatic carbocycles. The van der Waals surface area contributed by atoms with Crippen LogP contribution in [0.2, 0.25) is 0 Å². The summed E-state index contributed by atoms with van der Waals surface area (Å²) in [4.78, 5) is 13.5. The maximum absolute atomic E-state index is 11.1. The van der Waals surface area contributed by atoms with Crippen LogP contribution in [-0.2, 0) is 9.53 Å². The maximum Gasteiger partial charge on any atom is 0.307 e. The van der Waals surface area contributed by atoms with Gasteiger partial charge in [-0.1, -0.05) is 13.8 Å². The molecule has 3 atom stereocenters. The van der Waals surface area contributed by atoms with Gasteiger partial charge in [0.2, 0.25) is 0 Å². The second-order valence-corrected chi connectivity index (χ2v) is 4.27. The second-order valence-electron chi connectivity index (χ2n) is 4.27. The van der Waals surface area contributed by atoms with Gasteiger partial charge >= 0.3 is 5.97 Å². The average molecular weight is 199 g/mol. The molecular formula is C11H21NO2. The first-order chi connectivity index (χ1) is 6.57. The van der Waals surface area contributed by atoms with Crippen molar-refractivity contribution in [3.8, 4) is 0 Å². The van der Waals surface area contributed by atoms with Gasteiger partial charge in [0.05, 0.1) is 13.0 Å². The molecule has 1 rings (SSSR count). The highest BCUT2D eigenvalue weighted by molar-refractivity contribution is 5.69. The van der Waals surface area contributed by atoms with Crippen LogP contribution in [0, 0.1) is 5.92 Å². The molecule has 0 spiro atoms. The summed E-state index contributed by atoms with van der Waals surface area (Å²) in [5, 5.41) is 0. The molecule has 1 heterocycles. The lowest BCUT2D eigenvalue weighted by Gasteiger charge is -2.05. The highest BCUT2D eigenvalue weighted by Crippen LogP contribution is 2.33. The molecule has 14 heavy (non-hydrogen) atoms. The predicted octanol–water partition coefficient (Wildman–Crippen LogP) is 1.67. The lowest BCUT2D eigenvalue weighted by atomic mass is 10.1. The Bertz CT molecular complexity index is 203. The molecule has 3 unspecified atom stereocenters. The molecule has 0 bridgehead atoms. The van der Waals surface area contributed by atoms with Crippen LogP contribution < -0.4 is 0 Å². The number of carbonyl (C=O) groups is 1. The van der Waals surface area contributed by atoms with Crippen LogP contribution in [0.3, 0.4) is 0 Å². The predicted molar refractivity (Wildman–Crippen MR) is 56.0 cm³/mol. The number of esters is 1. The minimum Gasteiger partial charge on any atom is -0.466 e. The van der Waals surface area contributed by atoms with E-state index in [2.05, 4.69) is 25.7 Å². The second kappa shape index (κ2) is 4.78. The van der Waals surface area contributed by atoms with Crippen LogP contribution in [0.4, 0.5) is 0 Å². The Labute approximate surface area is 86.4 Å². The van der Waals surface area contributed by atoms with E-state index >= 15 is 0 Å². The van der Waals surface area contributed by atoms with Crippen LogP contribution in [0.25, 0.3) is 0 Å². The largest absolute Gasteiger partial charge is 0.466 e. The SMILES string of the molecule is CCOC(=O)CCN1C(C)C1C(C)C. The Morgan fingerprint density at radius 1 is 1.50 bits per heavy atom. The van der Waals surface area contributed by atoms with Gasteiger partial charge < -0.3 is 4.74 Å². The molecule has 0 saturated carbocycles. The molecule has 0 amide bonds. The summed E-state index contributed by atoms with van der Waals surface area (Å²) in [7, 11) is 0. The Balaban J connectivity index is 2.18. The molecule has 0 aromatic carbocycles. The Morgan fingerprint density at radius 2 is 2.14 bits per heavy atom. The highest BCUT2D eigenvalue weighted by atomic mass is 16.5. The fourth-order valence-corrected chi connectivity index (χ4v) is 2.18. The first kappa shape index (κ1) is 11.5. The third-order valence-corrected chi connectivity index (χ3v) is 2.87. The van der Waals surface area contributed by atoms with Crippen molar-refractivity contribution in [1.29, 1.82) is 0 Å². The molecule has 0 N–H and O–H groups in total. The number of rotatable bonds is 5. The van der Waals surface area contributed by atoms with Crippen LogP contribution >= 0.6 is 0 Å². The number of nitrogens with zero attached hydrogens (tertiary/aromatic N) is 1. The molecule has 1 fully saturated rings. The Kier molecular flexibility index (Phi) is 3.93. The molecule has 1 aliphatic rings. The quantitative estimate of drug-likeness (QED) is 0.498. The molecule has 0 radical (unpaired) electrons. The van der Waals surface area contributed by atoms with E-state index in [-0.39, 0.29) is 5.97 Å². The molecule has 82 valence electrons. The summed E-state index contributed by atoms with van der Waals surface area (Å²) < 4.78 is 4.89. The van der Waals surface area contributed by atoms with Crippen molar-refractivity contribution in [2.75, 3.05) is 13.2 Å². The van der Waals surface area contributed by atoms with Gasteiger partial charge in [0.15, 0.2) is 0 Å². The van der Waals surface area contributed by atoms with Crippen molar-refractivity contribution in [3.63, 3.8) is 0 Å². The summed E-state index contributed by atoms with van der Waals surface area (Å²) >= 11 is 0. The topological polar surface area (TPSA) is 29.3 Å². The number of carbonyl (C=O) groups excluding carboxylic acids is 1. The third kappa shape index (κ3) is 2.71. The Morgan fingerprint density at radius 3 is 2.57 bits per heavy atom. The average Bonchev–Trinajstić information content (AvgIpc) is 2.74. The van der Waals surface area contributed by atoms with E-state index in [1.165, 1.54) is 0 Å². The highest BCUT2D eigenvalue weighted by Gasteiger charge is 2.44. The molecule has 1 saturated heterocycles. The summed E-state index contributed by atoms with van der Waals surface area (Å²) in [6.07, 6.45) is 0.529. The van der Waals surface area contributed by atoms with E-state index < -0.39 is 0 Å². The van der Waals surface area contributed by atoms with Crippen molar-refractivity contribution in [2.45, 2.75) is 46.2 Å². The lowest BCUT2D eigenvalue weighted by Crippen LogP contribution is -2.14. The van der Waals surface area contributed by atoms with Gasteiger partial charge in [0, 0.05) is 18.6 Å². The summed E-state index contributed by atoms with van der Waals surface area (Å²) in [6, 6.07) is 1.31. The number of hydrogen-bond donors (Lipinski definition) is 0. The van der Waals surface area contributed by atoms with Gasteiger partial charge in [0.25, 0.3) is 0 Å². The van der Waals surface area contributed by atoms with E-state index in [0.29, 0.717) is 31.0 Å². The fraction of sp³-hybridized carbons (Fsp3) is 0.909. The first-order valence-electron chi connectivity index (χ1n) is 5.49. The molecule has 3 heteroatoms. The van der Waals surface area contributed by atoms with E-state index in [1.807, 2.05) is 6.92 Å². The van der Waals surface area contributed by atoms with E-state index in [4.69, 9.17) is 4.74 Å². The zero-order valence-corrected chi connectivity index (χ0v) is 9.62. The lowest BCUT2D eigenvalue weighted by molar-refractivity contribution is -0.143. The standard InChI is InChI=1S/C11H21NO2/c1-5-14-10(13)6-7-12-9(4)11(12)8(2)3/h8-9,11H,5-7H2,1-4H3. The smallest absolute Gasteiger partial charge is 0.307 e. The Hall–Kier alpha value is -0.570. The minimum absolute atomic E-state index is 0.0749. The van der Waals surface area contributed by atoms with Gasteiger partial charge in [-0.15, -0.1) is 0 Å². The zero-order chi connectivity index (χ0) is 10.7. The van der Waals surface area contributed by atoms with Gasteiger partial charge in [-0.05, 0) is 19.8 Å². The zero-order valence-electron chi connectivity index (χ0n) is 9.62. The van der Waals surface area contributed by atoms with Crippen LogP contribution in [0.5, 0.6) is 0 Å². The van der Waals surface area contributed by atoms with Crippen molar-refractivity contribution >= 4 is 5.97 Å². The maximum atomic E-state index is 11.1. The van der Waals surface area contributed by atoms with E-state index in [9.17, 15) is 4.79 Å². The fourth-order valence-electron chi connectivity index (χ4n) is 2.18. The number of ether oxygens (including phenoxy) is 1. The van der Waals surface area contributed by atoms with E-state index in [1.54, 1.807) is 0 Å². The van der Waals surface area contributed by atoms with Crippen LogP contribution in [0.15, 0.2) is 0 Å². The normalized spacial score (nSPS) is 30.5. The first-order valence-corrected chi connectivity index (χ1v) is 5.49. The molecule has 3 nitrogen and oxygen atoms in total. The van der Waals surface area contributed by atoms with Crippen molar-refractivity contribution in [3.05, 3.63) is 0 Å². The van der Waals surface area contributed by atoms with Gasteiger partial charge in [0.1, 0.15) is 0 Å².